The molecule has 0 aromatic heterocycles. The van der Waals surface area contributed by atoms with E-state index in [9.17, 15) is 4.79 Å². The molecule has 0 amide bonds. The van der Waals surface area contributed by atoms with Crippen molar-refractivity contribution in [3.05, 3.63) is 0 Å². The van der Waals surface area contributed by atoms with Crippen LogP contribution in [0.3, 0.4) is 0 Å². The van der Waals surface area contributed by atoms with E-state index in [0.717, 1.165) is 37.4 Å². The molecule has 0 aromatic carbocycles. The Morgan fingerprint density at radius 3 is 2.78 bits per heavy atom. The second-order valence-corrected chi connectivity index (χ2v) is 6.17. The van der Waals surface area contributed by atoms with Gasteiger partial charge in [0.1, 0.15) is 5.54 Å². The molecule has 4 nitrogen and oxygen atoms in total. The zero-order chi connectivity index (χ0) is 13.0. The van der Waals surface area contributed by atoms with E-state index in [1.54, 1.807) is 11.8 Å². The summed E-state index contributed by atoms with van der Waals surface area (Å²) in [5.41, 5.74) is -0.488. The summed E-state index contributed by atoms with van der Waals surface area (Å²) in [6, 6.07) is 0. The highest BCUT2D eigenvalue weighted by molar-refractivity contribution is 7.99. The lowest BCUT2D eigenvalue weighted by molar-refractivity contribution is -0.148. The second kappa shape index (κ2) is 6.26. The molecule has 0 aromatic rings. The molecule has 2 rings (SSSR count). The highest BCUT2D eigenvalue weighted by Gasteiger charge is 2.50. The average molecular weight is 273 g/mol. The van der Waals surface area contributed by atoms with Crippen molar-refractivity contribution in [2.75, 3.05) is 32.3 Å². The van der Waals surface area contributed by atoms with Gasteiger partial charge in [0.05, 0.1) is 13.2 Å². The van der Waals surface area contributed by atoms with Gasteiger partial charge in [0.15, 0.2) is 0 Å². The Balaban J connectivity index is 1.86. The van der Waals surface area contributed by atoms with Gasteiger partial charge in [0.25, 0.3) is 0 Å². The molecule has 104 valence electrons. The SMILES string of the molecule is CNC(CSCC1CCCO1)(C(=O)OC)C1CC1. The molecule has 2 fully saturated rings. The number of carbonyl (C=O) groups is 1. The number of esters is 1. The van der Waals surface area contributed by atoms with Gasteiger partial charge in [-0.25, -0.2) is 0 Å². The van der Waals surface area contributed by atoms with Crippen LogP contribution in [0.4, 0.5) is 0 Å². The first-order valence-electron chi connectivity index (χ1n) is 6.69. The van der Waals surface area contributed by atoms with Crippen LogP contribution in [0.1, 0.15) is 25.7 Å². The summed E-state index contributed by atoms with van der Waals surface area (Å²) < 4.78 is 10.6. The summed E-state index contributed by atoms with van der Waals surface area (Å²) in [5.74, 6) is 2.08. The third-order valence-electron chi connectivity index (χ3n) is 3.93. The van der Waals surface area contributed by atoms with Crippen LogP contribution in [0.15, 0.2) is 0 Å². The Labute approximate surface area is 113 Å². The van der Waals surface area contributed by atoms with Crippen LogP contribution in [-0.2, 0) is 14.3 Å². The number of nitrogens with one attached hydrogen (secondary N) is 1. The predicted molar refractivity (Wildman–Crippen MR) is 72.8 cm³/mol. The van der Waals surface area contributed by atoms with E-state index in [4.69, 9.17) is 9.47 Å². The molecular formula is C13H23NO3S. The van der Waals surface area contributed by atoms with Gasteiger partial charge >= 0.3 is 5.97 Å². The predicted octanol–water partition coefficient (Wildman–Crippen LogP) is 1.44. The van der Waals surface area contributed by atoms with Crippen molar-refractivity contribution in [3.8, 4) is 0 Å². The van der Waals surface area contributed by atoms with Gasteiger partial charge in [0, 0.05) is 18.1 Å². The molecule has 0 radical (unpaired) electrons. The van der Waals surface area contributed by atoms with Gasteiger partial charge in [-0.3, -0.25) is 4.79 Å². The molecule has 18 heavy (non-hydrogen) atoms. The molecule has 1 saturated heterocycles. The molecule has 1 saturated carbocycles. The molecule has 5 heteroatoms. The summed E-state index contributed by atoms with van der Waals surface area (Å²) in [7, 11) is 3.34. The van der Waals surface area contributed by atoms with Crippen molar-refractivity contribution in [1.82, 2.24) is 5.32 Å². The van der Waals surface area contributed by atoms with Crippen molar-refractivity contribution >= 4 is 17.7 Å². The van der Waals surface area contributed by atoms with Gasteiger partial charge in [-0.05, 0) is 38.6 Å². The van der Waals surface area contributed by atoms with Crippen LogP contribution >= 0.6 is 11.8 Å². The number of hydrogen-bond acceptors (Lipinski definition) is 5. The topological polar surface area (TPSA) is 47.6 Å². The van der Waals surface area contributed by atoms with Crippen LogP contribution < -0.4 is 5.32 Å². The number of carbonyl (C=O) groups excluding carboxylic acids is 1. The monoisotopic (exact) mass is 273 g/mol. The Hall–Kier alpha value is -0.260. The van der Waals surface area contributed by atoms with Gasteiger partial charge in [-0.15, -0.1) is 0 Å². The lowest BCUT2D eigenvalue weighted by Crippen LogP contribution is -2.55. The molecule has 1 heterocycles. The summed E-state index contributed by atoms with van der Waals surface area (Å²) in [6.45, 7) is 0.891. The average Bonchev–Trinajstić information content (AvgIpc) is 3.12. The summed E-state index contributed by atoms with van der Waals surface area (Å²) in [4.78, 5) is 12.0. The van der Waals surface area contributed by atoms with Crippen LogP contribution in [0, 0.1) is 5.92 Å². The van der Waals surface area contributed by atoms with E-state index in [2.05, 4.69) is 5.32 Å². The summed E-state index contributed by atoms with van der Waals surface area (Å²) in [5, 5.41) is 3.22. The second-order valence-electron chi connectivity index (χ2n) is 5.14. The smallest absolute Gasteiger partial charge is 0.327 e. The van der Waals surface area contributed by atoms with Crippen LogP contribution in [0.5, 0.6) is 0 Å². The molecule has 0 spiro atoms. The van der Waals surface area contributed by atoms with E-state index in [1.165, 1.54) is 13.5 Å². The number of thioether (sulfide) groups is 1. The first-order chi connectivity index (χ1) is 8.73. The molecule has 2 unspecified atom stereocenters. The number of likely N-dealkylation sites (N-methyl/N-ethyl adjacent to an activating group) is 1. The van der Waals surface area contributed by atoms with E-state index in [1.807, 2.05) is 7.05 Å². The van der Waals surface area contributed by atoms with Crippen LogP contribution in [-0.4, -0.2) is 49.9 Å². The minimum absolute atomic E-state index is 0.118. The van der Waals surface area contributed by atoms with Crippen molar-refractivity contribution < 1.29 is 14.3 Å². The lowest BCUT2D eigenvalue weighted by Gasteiger charge is -2.30. The Kier molecular flexibility index (Phi) is 4.92. The Morgan fingerprint density at radius 1 is 1.50 bits per heavy atom. The zero-order valence-electron chi connectivity index (χ0n) is 11.2. The van der Waals surface area contributed by atoms with Crippen LogP contribution in [0.25, 0.3) is 0 Å². The molecular weight excluding hydrogens is 250 g/mol. The van der Waals surface area contributed by atoms with Gasteiger partial charge in [-0.1, -0.05) is 0 Å². The van der Waals surface area contributed by atoms with E-state index in [-0.39, 0.29) is 5.97 Å². The van der Waals surface area contributed by atoms with E-state index >= 15 is 0 Å². The van der Waals surface area contributed by atoms with E-state index in [0.29, 0.717) is 12.0 Å². The maximum atomic E-state index is 12.0. The molecule has 1 aliphatic carbocycles. The van der Waals surface area contributed by atoms with Gasteiger partial charge < -0.3 is 14.8 Å². The van der Waals surface area contributed by atoms with Crippen molar-refractivity contribution in [1.29, 1.82) is 0 Å². The Bertz CT molecular complexity index is 290. The van der Waals surface area contributed by atoms with E-state index < -0.39 is 5.54 Å². The molecule has 2 aliphatic rings. The fourth-order valence-corrected chi connectivity index (χ4v) is 4.07. The number of hydrogen-bond donors (Lipinski definition) is 1. The standard InChI is InChI=1S/C13H23NO3S/c1-14-13(10-5-6-10,12(15)16-2)9-18-8-11-4-3-7-17-11/h10-11,14H,3-9H2,1-2H3. The maximum Gasteiger partial charge on any atom is 0.327 e. The van der Waals surface area contributed by atoms with Gasteiger partial charge in [-0.2, -0.15) is 11.8 Å². The quantitative estimate of drug-likeness (QED) is 0.711. The van der Waals surface area contributed by atoms with Crippen molar-refractivity contribution in [2.45, 2.75) is 37.3 Å². The largest absolute Gasteiger partial charge is 0.468 e. The molecule has 0 bridgehead atoms. The number of rotatable bonds is 7. The fourth-order valence-electron chi connectivity index (χ4n) is 2.61. The minimum atomic E-state index is -0.488. The van der Waals surface area contributed by atoms with Crippen molar-refractivity contribution in [3.63, 3.8) is 0 Å². The Morgan fingerprint density at radius 2 is 2.28 bits per heavy atom. The third-order valence-corrected chi connectivity index (χ3v) is 5.19. The first-order valence-corrected chi connectivity index (χ1v) is 7.85. The molecule has 1 aliphatic heterocycles. The highest BCUT2D eigenvalue weighted by atomic mass is 32.2. The number of ether oxygens (including phenoxy) is 2. The molecule has 1 N–H and O–H groups in total. The lowest BCUT2D eigenvalue weighted by atomic mass is 9.96. The fraction of sp³-hybridized carbons (Fsp3) is 0.923. The van der Waals surface area contributed by atoms with Crippen LogP contribution in [0.2, 0.25) is 0 Å². The normalized spacial score (nSPS) is 26.9. The third kappa shape index (κ3) is 3.00. The highest BCUT2D eigenvalue weighted by Crippen LogP contribution is 2.42. The zero-order valence-corrected chi connectivity index (χ0v) is 12.1. The minimum Gasteiger partial charge on any atom is -0.468 e. The van der Waals surface area contributed by atoms with Crippen molar-refractivity contribution in [2.24, 2.45) is 5.92 Å². The number of methoxy groups -OCH3 is 1. The molecule has 2 atom stereocenters. The first kappa shape index (κ1) is 14.2. The van der Waals surface area contributed by atoms with Gasteiger partial charge in [0.2, 0.25) is 0 Å². The maximum absolute atomic E-state index is 12.0. The summed E-state index contributed by atoms with van der Waals surface area (Å²) in [6.07, 6.45) is 4.94. The summed E-state index contributed by atoms with van der Waals surface area (Å²) >= 11 is 1.81.